The van der Waals surface area contributed by atoms with Crippen molar-refractivity contribution >= 4 is 16.7 Å². The van der Waals surface area contributed by atoms with Gasteiger partial charge in [-0.15, -0.1) is 0 Å². The van der Waals surface area contributed by atoms with Gasteiger partial charge in [-0.25, -0.2) is 0 Å². The van der Waals surface area contributed by atoms with E-state index in [1.54, 1.807) is 0 Å². The smallest absolute Gasteiger partial charge is 0.170 e. The fourth-order valence-electron chi connectivity index (χ4n) is 2.50. The molecule has 0 aliphatic rings. The molecule has 2 heterocycles. The van der Waals surface area contributed by atoms with Crippen LogP contribution in [-0.4, -0.2) is 25.4 Å². The fraction of sp³-hybridized carbons (Fsp3) is 0.200. The highest BCUT2D eigenvalue weighted by molar-refractivity contribution is 6.08. The normalized spacial score (nSPS) is 12.1. The molecule has 0 unspecified atom stereocenters. The lowest BCUT2D eigenvalue weighted by atomic mass is 10.1. The zero-order valence-corrected chi connectivity index (χ0v) is 11.8. The minimum absolute atomic E-state index is 0.122. The Labute approximate surface area is 122 Å². The average Bonchev–Trinajstić information content (AvgIpc) is 3.14. The summed E-state index contributed by atoms with van der Waals surface area (Å²) in [5, 5.41) is 17.2. The van der Waals surface area contributed by atoms with Crippen LogP contribution in [0.2, 0.25) is 0 Å². The number of aromatic nitrogens is 3. The van der Waals surface area contributed by atoms with Crippen LogP contribution in [0.5, 0.6) is 0 Å². The molecular formula is C15H17N5O. The Bertz CT molecular complexity index is 799. The Morgan fingerprint density at radius 1 is 1.38 bits per heavy atom. The third-order valence-electron chi connectivity index (χ3n) is 3.56. The summed E-state index contributed by atoms with van der Waals surface area (Å²) in [6.07, 6.45) is 5.92. The Morgan fingerprint density at radius 2 is 2.24 bits per heavy atom. The summed E-state index contributed by atoms with van der Waals surface area (Å²) < 4.78 is 4.03. The van der Waals surface area contributed by atoms with Crippen molar-refractivity contribution in [3.8, 4) is 0 Å². The number of nitrogens with zero attached hydrogens (tertiary/aromatic N) is 4. The summed E-state index contributed by atoms with van der Waals surface area (Å²) in [6.45, 7) is 3.66. The average molecular weight is 283 g/mol. The molecule has 0 saturated heterocycles. The van der Waals surface area contributed by atoms with Crippen LogP contribution in [0.3, 0.4) is 0 Å². The van der Waals surface area contributed by atoms with Crippen molar-refractivity contribution in [2.45, 2.75) is 20.0 Å². The summed E-state index contributed by atoms with van der Waals surface area (Å²) >= 11 is 0. The highest BCUT2D eigenvalue weighted by Crippen LogP contribution is 2.21. The van der Waals surface area contributed by atoms with Gasteiger partial charge in [-0.3, -0.25) is 4.68 Å². The molecule has 3 rings (SSSR count). The standard InChI is InChI=1S/C15H17N5O/c1-2-20-10-11(8-17-20)9-19-7-6-12-13(15(16)18-21)4-3-5-14(12)19/h3-8,10,21H,2,9H2,1H3,(H2,16,18). The Balaban J connectivity index is 2.00. The molecule has 0 spiro atoms. The van der Waals surface area contributed by atoms with E-state index in [1.165, 1.54) is 0 Å². The summed E-state index contributed by atoms with van der Waals surface area (Å²) in [5.74, 6) is 0.122. The van der Waals surface area contributed by atoms with Crippen LogP contribution in [0, 0.1) is 0 Å². The summed E-state index contributed by atoms with van der Waals surface area (Å²) in [7, 11) is 0. The molecule has 0 radical (unpaired) electrons. The lowest BCUT2D eigenvalue weighted by Gasteiger charge is -2.05. The minimum atomic E-state index is 0.122. The van der Waals surface area contributed by atoms with E-state index in [1.807, 2.05) is 47.5 Å². The van der Waals surface area contributed by atoms with Crippen molar-refractivity contribution in [3.63, 3.8) is 0 Å². The van der Waals surface area contributed by atoms with Crippen LogP contribution in [0.4, 0.5) is 0 Å². The third-order valence-corrected chi connectivity index (χ3v) is 3.56. The second-order valence-corrected chi connectivity index (χ2v) is 4.87. The molecule has 0 aliphatic heterocycles. The van der Waals surface area contributed by atoms with Gasteiger partial charge in [0.15, 0.2) is 5.84 Å². The van der Waals surface area contributed by atoms with E-state index in [4.69, 9.17) is 10.9 Å². The summed E-state index contributed by atoms with van der Waals surface area (Å²) in [4.78, 5) is 0. The largest absolute Gasteiger partial charge is 0.409 e. The quantitative estimate of drug-likeness (QED) is 0.332. The highest BCUT2D eigenvalue weighted by atomic mass is 16.4. The van der Waals surface area contributed by atoms with Crippen LogP contribution in [0.1, 0.15) is 18.1 Å². The first-order valence-electron chi connectivity index (χ1n) is 6.80. The van der Waals surface area contributed by atoms with E-state index in [9.17, 15) is 0 Å². The molecule has 1 aromatic carbocycles. The first-order valence-corrected chi connectivity index (χ1v) is 6.80. The van der Waals surface area contributed by atoms with Gasteiger partial charge in [0.05, 0.1) is 12.7 Å². The van der Waals surface area contributed by atoms with E-state index < -0.39 is 0 Å². The predicted molar refractivity (Wildman–Crippen MR) is 81.5 cm³/mol. The van der Waals surface area contributed by atoms with Gasteiger partial charge in [0.2, 0.25) is 0 Å². The van der Waals surface area contributed by atoms with Crippen molar-refractivity contribution < 1.29 is 5.21 Å². The van der Waals surface area contributed by atoms with Crippen molar-refractivity contribution in [1.82, 2.24) is 14.3 Å². The zero-order chi connectivity index (χ0) is 14.8. The first kappa shape index (κ1) is 13.2. The first-order chi connectivity index (χ1) is 10.2. The van der Waals surface area contributed by atoms with Gasteiger partial charge in [0, 0.05) is 41.0 Å². The number of fused-ring (bicyclic) bond motifs is 1. The van der Waals surface area contributed by atoms with Gasteiger partial charge >= 0.3 is 0 Å². The van der Waals surface area contributed by atoms with Crippen molar-refractivity contribution in [3.05, 3.63) is 54.0 Å². The molecule has 0 atom stereocenters. The van der Waals surface area contributed by atoms with E-state index in [2.05, 4.69) is 21.7 Å². The van der Waals surface area contributed by atoms with E-state index in [0.717, 1.165) is 35.1 Å². The molecule has 21 heavy (non-hydrogen) atoms. The molecule has 0 saturated carbocycles. The maximum absolute atomic E-state index is 8.86. The summed E-state index contributed by atoms with van der Waals surface area (Å²) in [5.41, 5.74) is 8.64. The number of nitrogens with two attached hydrogens (primary N) is 1. The Kier molecular flexibility index (Phi) is 3.35. The second kappa shape index (κ2) is 5.32. The number of amidine groups is 1. The van der Waals surface area contributed by atoms with Crippen LogP contribution in [-0.2, 0) is 13.1 Å². The number of oxime groups is 1. The molecule has 0 amide bonds. The Morgan fingerprint density at radius 3 is 2.95 bits per heavy atom. The maximum atomic E-state index is 8.86. The SMILES string of the molecule is CCn1cc(Cn2ccc3c(/C(N)=N/O)cccc32)cn1. The molecule has 6 nitrogen and oxygen atoms in total. The number of benzene rings is 1. The van der Waals surface area contributed by atoms with Gasteiger partial charge in [-0.2, -0.15) is 5.10 Å². The van der Waals surface area contributed by atoms with Crippen LogP contribution in [0.25, 0.3) is 10.9 Å². The van der Waals surface area contributed by atoms with Gasteiger partial charge in [0.25, 0.3) is 0 Å². The number of rotatable bonds is 4. The predicted octanol–water partition coefficient (Wildman–Crippen LogP) is 2.00. The van der Waals surface area contributed by atoms with Crippen molar-refractivity contribution in [2.75, 3.05) is 0 Å². The molecule has 0 bridgehead atoms. The summed E-state index contributed by atoms with van der Waals surface area (Å²) in [6, 6.07) is 7.75. The van der Waals surface area contributed by atoms with E-state index in [0.29, 0.717) is 0 Å². The molecule has 3 N–H and O–H groups in total. The van der Waals surface area contributed by atoms with E-state index >= 15 is 0 Å². The molecular weight excluding hydrogens is 266 g/mol. The fourth-order valence-corrected chi connectivity index (χ4v) is 2.50. The molecule has 3 aromatic rings. The number of aryl methyl sites for hydroxylation is 1. The lowest BCUT2D eigenvalue weighted by molar-refractivity contribution is 0.318. The molecule has 108 valence electrons. The molecule has 0 aliphatic carbocycles. The monoisotopic (exact) mass is 283 g/mol. The van der Waals surface area contributed by atoms with Crippen molar-refractivity contribution in [2.24, 2.45) is 10.9 Å². The van der Waals surface area contributed by atoms with Gasteiger partial charge in [-0.1, -0.05) is 17.3 Å². The lowest BCUT2D eigenvalue weighted by Crippen LogP contribution is -2.13. The second-order valence-electron chi connectivity index (χ2n) is 4.87. The molecule has 2 aromatic heterocycles. The van der Waals surface area contributed by atoms with Gasteiger partial charge in [0.1, 0.15) is 0 Å². The van der Waals surface area contributed by atoms with Crippen LogP contribution < -0.4 is 5.73 Å². The zero-order valence-electron chi connectivity index (χ0n) is 11.8. The highest BCUT2D eigenvalue weighted by Gasteiger charge is 2.09. The maximum Gasteiger partial charge on any atom is 0.170 e. The number of hydrogen-bond donors (Lipinski definition) is 2. The van der Waals surface area contributed by atoms with Crippen LogP contribution in [0.15, 0.2) is 48.0 Å². The van der Waals surface area contributed by atoms with Gasteiger partial charge < -0.3 is 15.5 Å². The van der Waals surface area contributed by atoms with Gasteiger partial charge in [-0.05, 0) is 19.1 Å². The third kappa shape index (κ3) is 2.35. The van der Waals surface area contributed by atoms with Crippen molar-refractivity contribution in [1.29, 1.82) is 0 Å². The molecule has 6 heteroatoms. The topological polar surface area (TPSA) is 81.4 Å². The van der Waals surface area contributed by atoms with Crippen LogP contribution >= 0.6 is 0 Å². The molecule has 0 fully saturated rings. The minimum Gasteiger partial charge on any atom is -0.409 e. The number of hydrogen-bond acceptors (Lipinski definition) is 3. The Hall–Kier alpha value is -2.76. The van der Waals surface area contributed by atoms with E-state index in [-0.39, 0.29) is 5.84 Å².